The van der Waals surface area contributed by atoms with E-state index in [2.05, 4.69) is 97.2 Å². The van der Waals surface area contributed by atoms with Crippen LogP contribution in [0.1, 0.15) is 96.1 Å². The topological polar surface area (TPSA) is 256 Å². The van der Waals surface area contributed by atoms with Crippen molar-refractivity contribution in [1.82, 2.24) is 59.9 Å². The molecule has 6 bridgehead atoms. The molecule has 6 aromatic heterocycles. The van der Waals surface area contributed by atoms with E-state index in [9.17, 15) is 14.4 Å². The zero-order valence-corrected chi connectivity index (χ0v) is 48.5. The second-order valence-corrected chi connectivity index (χ2v) is 24.1. The smallest absolute Gasteiger partial charge is 0.324 e. The van der Waals surface area contributed by atoms with E-state index in [-0.39, 0.29) is 54.9 Å². The Morgan fingerprint density at radius 1 is 1.00 bits per heavy atom. The molecule has 5 unspecified atom stereocenters. The van der Waals surface area contributed by atoms with Crippen molar-refractivity contribution in [3.63, 3.8) is 0 Å². The number of nitrogens with zero attached hydrogens (tertiary/aromatic N) is 11. The normalized spacial score (nSPS) is 21.0. The van der Waals surface area contributed by atoms with Crippen LogP contribution < -0.4 is 27.1 Å². The van der Waals surface area contributed by atoms with E-state index < -0.39 is 17.5 Å². The number of amides is 2. The highest BCUT2D eigenvalue weighted by Crippen LogP contribution is 2.44. The Hall–Kier alpha value is -7.53. The fourth-order valence-corrected chi connectivity index (χ4v) is 12.3. The summed E-state index contributed by atoms with van der Waals surface area (Å²) in [5.41, 5.74) is 26.1. The molecular weight excluding hydrogens is 1050 g/mol. The number of hydrazine groups is 1. The molecule has 2 saturated heterocycles. The van der Waals surface area contributed by atoms with Gasteiger partial charge in [-0.3, -0.25) is 24.4 Å². The summed E-state index contributed by atoms with van der Waals surface area (Å²) < 4.78 is 21.6. The highest BCUT2D eigenvalue weighted by Gasteiger charge is 2.42. The predicted molar refractivity (Wildman–Crippen MR) is 314 cm³/mol. The van der Waals surface area contributed by atoms with Crippen LogP contribution in [0.15, 0.2) is 64.8 Å². The number of esters is 1. The molecule has 2 amide bonds. The molecule has 1 aliphatic carbocycles. The Morgan fingerprint density at radius 2 is 1.78 bits per heavy atom. The number of hydrogen-bond donors (Lipinski definition) is 4. The molecule has 6 N–H and O–H groups in total. The Labute approximate surface area is 474 Å². The first kappa shape index (κ1) is 55.4. The average Bonchev–Trinajstić information content (AvgIpc) is 4.09. The van der Waals surface area contributed by atoms with Gasteiger partial charge in [0, 0.05) is 103 Å². The minimum absolute atomic E-state index is 0.0897. The summed E-state index contributed by atoms with van der Waals surface area (Å²) in [6.45, 7) is 19.8. The van der Waals surface area contributed by atoms with E-state index in [0.29, 0.717) is 54.3 Å². The number of anilines is 3. The van der Waals surface area contributed by atoms with Crippen LogP contribution in [0.4, 0.5) is 17.5 Å². The van der Waals surface area contributed by atoms with Gasteiger partial charge in [-0.2, -0.15) is 10.1 Å². The van der Waals surface area contributed by atoms with Crippen LogP contribution in [0.3, 0.4) is 0 Å². The van der Waals surface area contributed by atoms with Crippen LogP contribution in [-0.2, 0) is 43.2 Å². The van der Waals surface area contributed by atoms with Gasteiger partial charge < -0.3 is 45.0 Å². The predicted octanol–water partition coefficient (Wildman–Crippen LogP) is 7.99. The number of pyridine rings is 1. The number of nitrogen functional groups attached to an aromatic ring is 2. The lowest BCUT2D eigenvalue weighted by molar-refractivity contribution is -0.155. The summed E-state index contributed by atoms with van der Waals surface area (Å²) in [5, 5.41) is 13.9. The van der Waals surface area contributed by atoms with E-state index in [1.807, 2.05) is 62.2 Å². The van der Waals surface area contributed by atoms with Gasteiger partial charge in [-0.25, -0.2) is 25.1 Å². The third-order valence-electron chi connectivity index (χ3n) is 16.2. The molecule has 0 radical (unpaired) electrons. The first-order valence-corrected chi connectivity index (χ1v) is 29.0. The van der Waals surface area contributed by atoms with E-state index in [4.69, 9.17) is 35.3 Å². The number of ether oxygens (including phenoxy) is 2. The number of aryl methyl sites for hydroxylation is 1. The van der Waals surface area contributed by atoms with Gasteiger partial charge in [-0.15, -0.1) is 11.3 Å². The molecule has 2 aromatic carbocycles. The highest BCUT2D eigenvalue weighted by atomic mass is 32.1. The maximum absolute atomic E-state index is 14.1. The fraction of sp³-hybridized carbons (Fsp3) is 0.475. The van der Waals surface area contributed by atoms with E-state index >= 15 is 0 Å². The maximum Gasteiger partial charge on any atom is 0.324 e. The van der Waals surface area contributed by atoms with E-state index in [0.717, 1.165) is 111 Å². The van der Waals surface area contributed by atoms with Crippen LogP contribution in [0.5, 0.6) is 0 Å². The number of carbonyl (C=O) groups is 3. The molecule has 81 heavy (non-hydrogen) atoms. The van der Waals surface area contributed by atoms with Crippen LogP contribution in [0.25, 0.3) is 66.8 Å². The van der Waals surface area contributed by atoms with Crippen molar-refractivity contribution in [2.75, 3.05) is 69.9 Å². The number of fused-ring (bicyclic) bond motifs is 8. The Balaban J connectivity index is 0.000000248. The summed E-state index contributed by atoms with van der Waals surface area (Å²) in [4.78, 5) is 68.7. The number of rotatable bonds is 9. The van der Waals surface area contributed by atoms with Crippen molar-refractivity contribution in [1.29, 1.82) is 0 Å². The number of likely N-dealkylation sites (N-methyl/N-ethyl adjacent to an activating group) is 1. The van der Waals surface area contributed by atoms with Crippen molar-refractivity contribution in [2.24, 2.45) is 17.3 Å². The Kier molecular flexibility index (Phi) is 15.3. The third-order valence-corrected chi connectivity index (χ3v) is 17.1. The lowest BCUT2D eigenvalue weighted by atomic mass is 9.84. The van der Waals surface area contributed by atoms with Crippen molar-refractivity contribution in [2.45, 2.75) is 111 Å². The average molecular weight is 1120 g/mol. The summed E-state index contributed by atoms with van der Waals surface area (Å²) >= 11 is 1.49. The van der Waals surface area contributed by atoms with Gasteiger partial charge in [-0.05, 0) is 108 Å². The van der Waals surface area contributed by atoms with Crippen LogP contribution in [0, 0.1) is 17.3 Å². The molecule has 3 aliphatic heterocycles. The second kappa shape index (κ2) is 22.4. The first-order chi connectivity index (χ1) is 38.9. The van der Waals surface area contributed by atoms with Gasteiger partial charge in [0.2, 0.25) is 5.91 Å². The summed E-state index contributed by atoms with van der Waals surface area (Å²) in [5.74, 6) is -0.161. The van der Waals surface area contributed by atoms with E-state index in [1.54, 1.807) is 7.11 Å². The molecule has 426 valence electrons. The quantitative estimate of drug-likeness (QED) is 0.0999. The molecule has 4 aliphatic rings. The fourth-order valence-electron chi connectivity index (χ4n) is 11.5. The number of aromatic nitrogens is 8. The van der Waals surface area contributed by atoms with E-state index in [1.165, 1.54) is 22.7 Å². The molecule has 5 atom stereocenters. The second-order valence-electron chi connectivity index (χ2n) is 23.2. The Morgan fingerprint density at radius 3 is 2.52 bits per heavy atom. The number of hydrogen-bond acceptors (Lipinski definition) is 18. The third kappa shape index (κ3) is 11.2. The molecule has 21 nitrogen and oxygen atoms in total. The number of nitrogens with two attached hydrogens (primary N) is 2. The standard InChI is InChI=1S/C44H58N8O5S.C15H15N7O/c1-8-51-37-12-11-28-19-31(37)33(40(51)32-20-29(23-45-39(32)27(3)56-7)50-16-14-49(6)15-17-50)22-44(4,5)25-57-43(55)34-10-9-13-52(48-34)42(54)35(21-38-46-36(28)24-58-38)47-41(53)30-18-26(30)2;1-7(2)22-14-11(13(16)18-6-19-14)12(21-22)8-3-4-10-9(5-8)20-15(17)23-10/h11-12,19-20,23-24,26-27,30,34-35,48H,8-10,13-18,21-22,25H2,1-7H3,(H,47,53);3-7H,1-2H3,(H2,17,20)(H2,16,18,19). The molecule has 1 saturated carbocycles. The Bertz CT molecular complexity index is 3670. The molecule has 9 heterocycles. The van der Waals surface area contributed by atoms with Crippen molar-refractivity contribution in [3.05, 3.63) is 76.6 Å². The summed E-state index contributed by atoms with van der Waals surface area (Å²) in [6.07, 6.45) is 6.05. The molecule has 3 fully saturated rings. The molecule has 8 aromatic rings. The minimum atomic E-state index is -0.825. The number of oxazole rings is 1. The van der Waals surface area contributed by atoms with Crippen molar-refractivity contribution >= 4 is 79.7 Å². The van der Waals surface area contributed by atoms with Gasteiger partial charge >= 0.3 is 5.97 Å². The van der Waals surface area contributed by atoms with Gasteiger partial charge in [0.25, 0.3) is 11.9 Å². The number of nitrogens with one attached hydrogen (secondary N) is 2. The number of thiazole rings is 1. The molecule has 12 rings (SSSR count). The monoisotopic (exact) mass is 1120 g/mol. The highest BCUT2D eigenvalue weighted by molar-refractivity contribution is 7.10. The number of methoxy groups -OCH3 is 1. The number of carbonyl (C=O) groups excluding carboxylic acids is 3. The number of benzene rings is 2. The zero-order valence-electron chi connectivity index (χ0n) is 47.7. The van der Waals surface area contributed by atoms with Gasteiger partial charge in [-0.1, -0.05) is 26.8 Å². The zero-order chi connectivity index (χ0) is 57.0. The van der Waals surface area contributed by atoms with Gasteiger partial charge in [0.15, 0.2) is 11.2 Å². The number of cyclic esters (lactones) is 1. The first-order valence-electron chi connectivity index (χ1n) is 28.1. The lowest BCUT2D eigenvalue weighted by Gasteiger charge is -2.35. The van der Waals surface area contributed by atoms with Crippen molar-refractivity contribution in [3.8, 4) is 33.8 Å². The van der Waals surface area contributed by atoms with Crippen molar-refractivity contribution < 1.29 is 28.3 Å². The van der Waals surface area contributed by atoms with Crippen LogP contribution >= 0.6 is 11.3 Å². The van der Waals surface area contributed by atoms with Crippen LogP contribution in [0.2, 0.25) is 0 Å². The summed E-state index contributed by atoms with van der Waals surface area (Å²) in [6, 6.07) is 13.2. The minimum Gasteiger partial charge on any atom is -0.464 e. The SMILES string of the molecule is CC(C)n1nc(-c2ccc3oc(N)nc3c2)c2c(N)ncnc21.CCn1c(-c2cc(N3CCN(C)CC3)cnc2C(C)OC)c2c3cc(ccc31)-c1csc(n1)CC(NC(=O)C1CC1C)C(=O)N1CCCC(N1)C(=O)OCC(C)(C)C2. The molecule has 0 spiro atoms. The number of piperazine rings is 1. The molecule has 22 heteroatoms. The van der Waals surface area contributed by atoms with Gasteiger partial charge in [0.05, 0.1) is 52.1 Å². The maximum atomic E-state index is 14.1. The van der Waals surface area contributed by atoms with Crippen LogP contribution in [-0.4, -0.2) is 133 Å². The largest absolute Gasteiger partial charge is 0.464 e. The summed E-state index contributed by atoms with van der Waals surface area (Å²) in [7, 11) is 3.89. The van der Waals surface area contributed by atoms with Gasteiger partial charge in [0.1, 0.15) is 35.4 Å². The molecular formula is C59H73N15O6S. The lowest BCUT2D eigenvalue weighted by Crippen LogP contribution is -2.60.